The Bertz CT molecular complexity index is 449. The molecular formula is C15H21F3N2. The summed E-state index contributed by atoms with van der Waals surface area (Å²) in [6.07, 6.45) is -0.939. The van der Waals surface area contributed by atoms with Crippen molar-refractivity contribution in [3.05, 3.63) is 29.3 Å². The van der Waals surface area contributed by atoms with Crippen LogP contribution in [0.3, 0.4) is 0 Å². The van der Waals surface area contributed by atoms with Crippen molar-refractivity contribution in [2.75, 3.05) is 18.0 Å². The van der Waals surface area contributed by atoms with Crippen molar-refractivity contribution in [3.8, 4) is 0 Å². The second-order valence-electron chi connectivity index (χ2n) is 5.38. The predicted molar refractivity (Wildman–Crippen MR) is 74.6 cm³/mol. The summed E-state index contributed by atoms with van der Waals surface area (Å²) in [6, 6.07) is 3.90. The van der Waals surface area contributed by atoms with E-state index in [0.29, 0.717) is 5.56 Å². The van der Waals surface area contributed by atoms with Crippen LogP contribution in [0.1, 0.15) is 37.3 Å². The van der Waals surface area contributed by atoms with Crippen molar-refractivity contribution in [1.82, 2.24) is 0 Å². The quantitative estimate of drug-likeness (QED) is 0.916. The molecule has 1 saturated heterocycles. The Balaban J connectivity index is 2.20. The number of rotatable bonds is 3. The van der Waals surface area contributed by atoms with Gasteiger partial charge in [0.05, 0.1) is 5.56 Å². The summed E-state index contributed by atoms with van der Waals surface area (Å²) >= 11 is 0. The van der Waals surface area contributed by atoms with Gasteiger partial charge in [-0.2, -0.15) is 13.2 Å². The minimum absolute atomic E-state index is 0.132. The molecule has 0 spiro atoms. The first-order chi connectivity index (χ1) is 9.45. The average Bonchev–Trinajstić information content (AvgIpc) is 2.45. The van der Waals surface area contributed by atoms with Gasteiger partial charge in [-0.25, -0.2) is 0 Å². The molecule has 0 aliphatic carbocycles. The highest BCUT2D eigenvalue weighted by atomic mass is 19.4. The number of alkyl halides is 3. The fourth-order valence-corrected chi connectivity index (χ4v) is 2.82. The Morgan fingerprint density at radius 3 is 2.40 bits per heavy atom. The van der Waals surface area contributed by atoms with E-state index in [1.54, 1.807) is 6.07 Å². The van der Waals surface area contributed by atoms with Crippen molar-refractivity contribution in [2.24, 2.45) is 11.7 Å². The fourth-order valence-electron chi connectivity index (χ4n) is 2.82. The SMILES string of the molecule is CCC1CCN(c2ccc(C(F)(F)F)cc2CN)CC1. The molecule has 5 heteroatoms. The van der Waals surface area contributed by atoms with Crippen LogP contribution in [0.4, 0.5) is 18.9 Å². The third kappa shape index (κ3) is 3.26. The smallest absolute Gasteiger partial charge is 0.371 e. The van der Waals surface area contributed by atoms with E-state index in [1.807, 2.05) is 0 Å². The summed E-state index contributed by atoms with van der Waals surface area (Å²) in [6.45, 7) is 4.12. The Labute approximate surface area is 117 Å². The molecule has 1 heterocycles. The largest absolute Gasteiger partial charge is 0.416 e. The van der Waals surface area contributed by atoms with Crippen LogP contribution in [0, 0.1) is 5.92 Å². The lowest BCUT2D eigenvalue weighted by atomic mass is 9.93. The number of nitrogens with two attached hydrogens (primary N) is 1. The zero-order valence-electron chi connectivity index (χ0n) is 11.7. The maximum atomic E-state index is 12.7. The fraction of sp³-hybridized carbons (Fsp3) is 0.600. The molecule has 0 bridgehead atoms. The van der Waals surface area contributed by atoms with Crippen LogP contribution in [0.15, 0.2) is 18.2 Å². The minimum atomic E-state index is -4.31. The standard InChI is InChI=1S/C15H21F3N2/c1-2-11-5-7-20(8-6-11)14-4-3-13(15(16,17)18)9-12(14)10-19/h3-4,9,11H,2,5-8,10,19H2,1H3. The van der Waals surface area contributed by atoms with Crippen LogP contribution >= 0.6 is 0 Å². The third-order valence-electron chi connectivity index (χ3n) is 4.16. The van der Waals surface area contributed by atoms with E-state index in [0.717, 1.165) is 43.6 Å². The van der Waals surface area contributed by atoms with Crippen LogP contribution in [0.5, 0.6) is 0 Å². The summed E-state index contributed by atoms with van der Waals surface area (Å²) in [5, 5.41) is 0. The maximum Gasteiger partial charge on any atom is 0.416 e. The highest BCUT2D eigenvalue weighted by Gasteiger charge is 2.31. The minimum Gasteiger partial charge on any atom is -0.371 e. The summed E-state index contributed by atoms with van der Waals surface area (Å²) in [4.78, 5) is 2.16. The van der Waals surface area contributed by atoms with Crippen molar-refractivity contribution in [2.45, 2.75) is 38.9 Å². The van der Waals surface area contributed by atoms with E-state index in [2.05, 4.69) is 11.8 Å². The van der Waals surface area contributed by atoms with Gasteiger partial charge in [-0.1, -0.05) is 13.3 Å². The Hall–Kier alpha value is -1.23. The van der Waals surface area contributed by atoms with Crippen LogP contribution in [-0.2, 0) is 12.7 Å². The molecule has 2 rings (SSSR count). The molecule has 2 N–H and O–H groups in total. The molecule has 0 radical (unpaired) electrons. The summed E-state index contributed by atoms with van der Waals surface area (Å²) in [5.41, 5.74) is 6.44. The topological polar surface area (TPSA) is 29.3 Å². The molecule has 1 aliphatic heterocycles. The molecule has 2 nitrogen and oxygen atoms in total. The molecule has 0 aromatic heterocycles. The van der Waals surface area contributed by atoms with Gasteiger partial charge in [0.2, 0.25) is 0 Å². The Morgan fingerprint density at radius 1 is 1.25 bits per heavy atom. The number of hydrogen-bond acceptors (Lipinski definition) is 2. The van der Waals surface area contributed by atoms with E-state index in [9.17, 15) is 13.2 Å². The van der Waals surface area contributed by atoms with E-state index >= 15 is 0 Å². The number of benzene rings is 1. The van der Waals surface area contributed by atoms with Gasteiger partial charge in [0, 0.05) is 25.3 Å². The zero-order valence-corrected chi connectivity index (χ0v) is 11.7. The first kappa shape index (κ1) is 15.2. The first-order valence-corrected chi connectivity index (χ1v) is 7.10. The van der Waals surface area contributed by atoms with Crippen molar-refractivity contribution < 1.29 is 13.2 Å². The lowest BCUT2D eigenvalue weighted by molar-refractivity contribution is -0.137. The molecule has 0 amide bonds. The summed E-state index contributed by atoms with van der Waals surface area (Å²) in [5.74, 6) is 0.738. The lowest BCUT2D eigenvalue weighted by Gasteiger charge is -2.34. The van der Waals surface area contributed by atoms with Crippen molar-refractivity contribution >= 4 is 5.69 Å². The van der Waals surface area contributed by atoms with Gasteiger partial charge in [-0.3, -0.25) is 0 Å². The molecule has 0 unspecified atom stereocenters. The zero-order chi connectivity index (χ0) is 14.8. The van der Waals surface area contributed by atoms with Gasteiger partial charge in [-0.15, -0.1) is 0 Å². The van der Waals surface area contributed by atoms with Crippen LogP contribution < -0.4 is 10.6 Å². The summed E-state index contributed by atoms with van der Waals surface area (Å²) < 4.78 is 38.2. The number of nitrogens with zero attached hydrogens (tertiary/aromatic N) is 1. The van der Waals surface area contributed by atoms with E-state index in [-0.39, 0.29) is 6.54 Å². The van der Waals surface area contributed by atoms with E-state index in [1.165, 1.54) is 12.5 Å². The monoisotopic (exact) mass is 286 g/mol. The maximum absolute atomic E-state index is 12.7. The Kier molecular flexibility index (Phi) is 4.58. The average molecular weight is 286 g/mol. The van der Waals surface area contributed by atoms with Gasteiger partial charge < -0.3 is 10.6 Å². The normalized spacial score (nSPS) is 17.6. The van der Waals surface area contributed by atoms with Gasteiger partial charge in [0.15, 0.2) is 0 Å². The Morgan fingerprint density at radius 2 is 1.90 bits per heavy atom. The molecule has 112 valence electrons. The van der Waals surface area contributed by atoms with Crippen LogP contribution in [0.25, 0.3) is 0 Å². The molecule has 1 aliphatic rings. The van der Waals surface area contributed by atoms with Gasteiger partial charge in [0.1, 0.15) is 0 Å². The molecule has 1 aromatic carbocycles. The predicted octanol–water partition coefficient (Wildman–Crippen LogP) is 3.79. The number of halogens is 3. The highest BCUT2D eigenvalue weighted by molar-refractivity contribution is 5.55. The summed E-state index contributed by atoms with van der Waals surface area (Å²) in [7, 11) is 0. The van der Waals surface area contributed by atoms with Gasteiger partial charge in [0.25, 0.3) is 0 Å². The molecule has 0 atom stereocenters. The van der Waals surface area contributed by atoms with Crippen molar-refractivity contribution in [1.29, 1.82) is 0 Å². The van der Waals surface area contributed by atoms with Crippen LogP contribution in [0.2, 0.25) is 0 Å². The third-order valence-corrected chi connectivity index (χ3v) is 4.16. The second kappa shape index (κ2) is 6.04. The molecule has 1 aromatic rings. The molecular weight excluding hydrogens is 265 g/mol. The highest BCUT2D eigenvalue weighted by Crippen LogP contribution is 2.34. The molecule has 0 saturated carbocycles. The van der Waals surface area contributed by atoms with Crippen molar-refractivity contribution in [3.63, 3.8) is 0 Å². The molecule has 1 fully saturated rings. The van der Waals surface area contributed by atoms with Crippen LogP contribution in [-0.4, -0.2) is 13.1 Å². The second-order valence-corrected chi connectivity index (χ2v) is 5.38. The molecule has 20 heavy (non-hydrogen) atoms. The number of piperidine rings is 1. The van der Waals surface area contributed by atoms with E-state index < -0.39 is 11.7 Å². The first-order valence-electron chi connectivity index (χ1n) is 7.10. The van der Waals surface area contributed by atoms with Gasteiger partial charge in [-0.05, 0) is 42.5 Å². The van der Waals surface area contributed by atoms with Gasteiger partial charge >= 0.3 is 6.18 Å². The number of hydrogen-bond donors (Lipinski definition) is 1. The van der Waals surface area contributed by atoms with E-state index in [4.69, 9.17) is 5.73 Å². The number of anilines is 1. The lowest BCUT2D eigenvalue weighted by Crippen LogP contribution is -2.34.